The summed E-state index contributed by atoms with van der Waals surface area (Å²) in [5, 5.41) is 3.34. The molecule has 0 fully saturated rings. The Morgan fingerprint density at radius 2 is 1.79 bits per heavy atom. The Bertz CT molecular complexity index is 761. The third-order valence-corrected chi connectivity index (χ3v) is 3.81. The van der Waals surface area contributed by atoms with Gasteiger partial charge in [0.15, 0.2) is 11.5 Å². The number of hydrogen-bond acceptors (Lipinski definition) is 3. The molecule has 2 aromatic carbocycles. The molecule has 0 aliphatic carbocycles. The number of rotatable bonds is 5. The highest BCUT2D eigenvalue weighted by Crippen LogP contribution is 2.29. The van der Waals surface area contributed by atoms with Crippen LogP contribution in [0.5, 0.6) is 11.5 Å². The van der Waals surface area contributed by atoms with Crippen LogP contribution < -0.4 is 14.8 Å². The summed E-state index contributed by atoms with van der Waals surface area (Å²) in [6.07, 6.45) is 3.16. The number of aryl methyl sites for hydroxylation is 2. The zero-order chi connectivity index (χ0) is 17.7. The van der Waals surface area contributed by atoms with Crippen molar-refractivity contribution in [1.29, 1.82) is 0 Å². The van der Waals surface area contributed by atoms with Crippen LogP contribution in [0.25, 0.3) is 6.08 Å². The molecule has 0 unspecified atom stereocenters. The molecule has 4 nitrogen and oxygen atoms in total. The lowest BCUT2D eigenvalue weighted by Gasteiger charge is -2.10. The molecule has 126 valence electrons. The van der Waals surface area contributed by atoms with E-state index in [1.807, 2.05) is 32.0 Å². The summed E-state index contributed by atoms with van der Waals surface area (Å²) in [5.74, 6) is 0.997. The van der Waals surface area contributed by atoms with E-state index in [0.29, 0.717) is 22.2 Å². The Balaban J connectivity index is 2.14. The highest BCUT2D eigenvalue weighted by molar-refractivity contribution is 6.34. The number of anilines is 1. The number of halogens is 1. The molecule has 2 rings (SSSR count). The fourth-order valence-electron chi connectivity index (χ4n) is 2.37. The molecule has 0 heterocycles. The van der Waals surface area contributed by atoms with Crippen LogP contribution in [0, 0.1) is 13.8 Å². The first-order valence-corrected chi connectivity index (χ1v) is 7.80. The molecule has 0 aromatic heterocycles. The molecular weight excluding hydrogens is 326 g/mol. The second kappa shape index (κ2) is 7.88. The maximum Gasteiger partial charge on any atom is 0.248 e. The molecule has 0 atom stereocenters. The predicted molar refractivity (Wildman–Crippen MR) is 98.1 cm³/mol. The van der Waals surface area contributed by atoms with E-state index >= 15 is 0 Å². The van der Waals surface area contributed by atoms with Crippen LogP contribution in [0.4, 0.5) is 5.69 Å². The van der Waals surface area contributed by atoms with E-state index in [2.05, 4.69) is 5.32 Å². The average Bonchev–Trinajstić information content (AvgIpc) is 2.55. The third-order valence-electron chi connectivity index (χ3n) is 3.51. The molecule has 0 spiro atoms. The van der Waals surface area contributed by atoms with Crippen molar-refractivity contribution in [3.8, 4) is 11.5 Å². The van der Waals surface area contributed by atoms with Gasteiger partial charge in [-0.05, 0) is 54.8 Å². The van der Waals surface area contributed by atoms with Gasteiger partial charge < -0.3 is 14.8 Å². The van der Waals surface area contributed by atoms with Gasteiger partial charge in [-0.1, -0.05) is 23.7 Å². The summed E-state index contributed by atoms with van der Waals surface area (Å²) >= 11 is 6.20. The number of benzene rings is 2. The Hall–Kier alpha value is -2.46. The van der Waals surface area contributed by atoms with Crippen LogP contribution in [-0.2, 0) is 4.79 Å². The fourth-order valence-corrected chi connectivity index (χ4v) is 2.74. The molecule has 1 amide bonds. The van der Waals surface area contributed by atoms with Crippen LogP contribution in [0.3, 0.4) is 0 Å². The van der Waals surface area contributed by atoms with Gasteiger partial charge >= 0.3 is 0 Å². The number of nitrogens with one attached hydrogen (secondary N) is 1. The quantitative estimate of drug-likeness (QED) is 0.804. The maximum atomic E-state index is 12.1. The van der Waals surface area contributed by atoms with Gasteiger partial charge in [-0.2, -0.15) is 0 Å². The highest BCUT2D eigenvalue weighted by atomic mass is 35.5. The van der Waals surface area contributed by atoms with Crippen LogP contribution in [0.15, 0.2) is 36.4 Å². The normalized spacial score (nSPS) is 10.7. The minimum Gasteiger partial charge on any atom is -0.493 e. The lowest BCUT2D eigenvalue weighted by Crippen LogP contribution is -2.09. The summed E-state index contributed by atoms with van der Waals surface area (Å²) in [5.41, 5.74) is 3.43. The standard InChI is InChI=1S/C19H20ClNO3/c1-12-9-13(2)19(15(20)10-12)21-18(22)8-6-14-5-7-16(23-3)17(11-14)24-4/h5-11H,1-4H3,(H,21,22). The van der Waals surface area contributed by atoms with E-state index < -0.39 is 0 Å². The number of carbonyl (C=O) groups excluding carboxylic acids is 1. The van der Waals surface area contributed by atoms with Crippen molar-refractivity contribution in [2.24, 2.45) is 0 Å². The largest absolute Gasteiger partial charge is 0.493 e. The number of ether oxygens (including phenoxy) is 2. The molecule has 0 bridgehead atoms. The lowest BCUT2D eigenvalue weighted by molar-refractivity contribution is -0.111. The number of carbonyl (C=O) groups is 1. The van der Waals surface area contributed by atoms with Crippen molar-refractivity contribution in [3.63, 3.8) is 0 Å². The molecule has 2 aromatic rings. The Kier molecular flexibility index (Phi) is 5.88. The van der Waals surface area contributed by atoms with E-state index in [1.165, 1.54) is 6.08 Å². The smallest absolute Gasteiger partial charge is 0.248 e. The monoisotopic (exact) mass is 345 g/mol. The van der Waals surface area contributed by atoms with Crippen molar-refractivity contribution < 1.29 is 14.3 Å². The molecule has 5 heteroatoms. The number of amides is 1. The minimum atomic E-state index is -0.251. The second-order valence-electron chi connectivity index (χ2n) is 5.38. The van der Waals surface area contributed by atoms with Gasteiger partial charge in [0.2, 0.25) is 5.91 Å². The van der Waals surface area contributed by atoms with Crippen molar-refractivity contribution in [3.05, 3.63) is 58.1 Å². The van der Waals surface area contributed by atoms with Gasteiger partial charge in [-0.3, -0.25) is 4.79 Å². The van der Waals surface area contributed by atoms with Crippen molar-refractivity contribution >= 4 is 29.3 Å². The SMILES string of the molecule is COc1ccc(C=CC(=O)Nc2c(C)cc(C)cc2Cl)cc1OC. The topological polar surface area (TPSA) is 47.6 Å². The summed E-state index contributed by atoms with van der Waals surface area (Å²) < 4.78 is 10.4. The molecular formula is C19H20ClNO3. The molecule has 0 saturated heterocycles. The van der Waals surface area contributed by atoms with Gasteiger partial charge in [0.25, 0.3) is 0 Å². The van der Waals surface area contributed by atoms with Crippen molar-refractivity contribution in [2.75, 3.05) is 19.5 Å². The molecule has 0 aliphatic rings. The molecule has 1 N–H and O–H groups in total. The summed E-state index contributed by atoms with van der Waals surface area (Å²) in [7, 11) is 3.15. The first-order chi connectivity index (χ1) is 11.4. The van der Waals surface area contributed by atoms with Gasteiger partial charge in [0, 0.05) is 6.08 Å². The molecule has 0 aliphatic heterocycles. The zero-order valence-electron chi connectivity index (χ0n) is 14.1. The first-order valence-electron chi connectivity index (χ1n) is 7.42. The first kappa shape index (κ1) is 17.9. The van der Waals surface area contributed by atoms with Gasteiger partial charge in [-0.15, -0.1) is 0 Å². The molecule has 0 radical (unpaired) electrons. The maximum absolute atomic E-state index is 12.1. The summed E-state index contributed by atoms with van der Waals surface area (Å²) in [4.78, 5) is 12.1. The average molecular weight is 346 g/mol. The van der Waals surface area contributed by atoms with Crippen LogP contribution in [-0.4, -0.2) is 20.1 Å². The van der Waals surface area contributed by atoms with Crippen LogP contribution in [0.1, 0.15) is 16.7 Å². The van der Waals surface area contributed by atoms with Gasteiger partial charge in [0.1, 0.15) is 0 Å². The predicted octanol–water partition coefficient (Wildman–Crippen LogP) is 4.63. The van der Waals surface area contributed by atoms with E-state index in [9.17, 15) is 4.79 Å². The zero-order valence-corrected chi connectivity index (χ0v) is 14.9. The van der Waals surface area contributed by atoms with E-state index in [1.54, 1.807) is 32.4 Å². The van der Waals surface area contributed by atoms with E-state index in [4.69, 9.17) is 21.1 Å². The Morgan fingerprint density at radius 3 is 2.42 bits per heavy atom. The van der Waals surface area contributed by atoms with Crippen LogP contribution in [0.2, 0.25) is 5.02 Å². The summed E-state index contributed by atoms with van der Waals surface area (Å²) in [6.45, 7) is 3.87. The van der Waals surface area contributed by atoms with Gasteiger partial charge in [0.05, 0.1) is 24.9 Å². The second-order valence-corrected chi connectivity index (χ2v) is 5.78. The van der Waals surface area contributed by atoms with Crippen LogP contribution >= 0.6 is 11.6 Å². The highest BCUT2D eigenvalue weighted by Gasteiger charge is 2.08. The van der Waals surface area contributed by atoms with Gasteiger partial charge in [-0.25, -0.2) is 0 Å². The fraction of sp³-hybridized carbons (Fsp3) is 0.211. The third kappa shape index (κ3) is 4.30. The lowest BCUT2D eigenvalue weighted by atomic mass is 10.1. The van der Waals surface area contributed by atoms with Crippen molar-refractivity contribution in [2.45, 2.75) is 13.8 Å². The van der Waals surface area contributed by atoms with Crippen molar-refractivity contribution in [1.82, 2.24) is 0 Å². The number of methoxy groups -OCH3 is 2. The number of hydrogen-bond donors (Lipinski definition) is 1. The molecule has 24 heavy (non-hydrogen) atoms. The van der Waals surface area contributed by atoms with E-state index in [-0.39, 0.29) is 5.91 Å². The summed E-state index contributed by atoms with van der Waals surface area (Å²) in [6, 6.07) is 9.22. The Labute approximate surface area is 147 Å². The molecule has 0 saturated carbocycles. The Morgan fingerprint density at radius 1 is 1.08 bits per heavy atom. The van der Waals surface area contributed by atoms with E-state index in [0.717, 1.165) is 16.7 Å². The minimum absolute atomic E-state index is 0.251.